The van der Waals surface area contributed by atoms with Gasteiger partial charge in [-0.05, 0) is 49.5 Å². The number of nitrogens with one attached hydrogen (secondary N) is 1. The predicted octanol–water partition coefficient (Wildman–Crippen LogP) is 2.90. The molecule has 0 bridgehead atoms. The van der Waals surface area contributed by atoms with Crippen LogP contribution in [0.4, 0.5) is 0 Å². The molecule has 1 saturated heterocycles. The first-order valence-electron chi connectivity index (χ1n) is 13.3. The molecule has 1 fully saturated rings. The Morgan fingerprint density at radius 3 is 2.46 bits per heavy atom. The first kappa shape index (κ1) is 30.1. The Labute approximate surface area is 229 Å². The number of β-amino-alcohol motifs (C(OH)–C–C–N with tert-alkyl or cyclic N) is 1. The van der Waals surface area contributed by atoms with Crippen LogP contribution in [0.1, 0.15) is 69.9 Å². The van der Waals surface area contributed by atoms with E-state index in [4.69, 9.17) is 24.0 Å². The van der Waals surface area contributed by atoms with E-state index in [2.05, 4.69) is 16.5 Å². The normalized spacial score (nSPS) is 18.7. The van der Waals surface area contributed by atoms with Crippen LogP contribution in [0.2, 0.25) is 0 Å². The first-order valence-corrected chi connectivity index (χ1v) is 13.3. The van der Waals surface area contributed by atoms with Gasteiger partial charge in [-0.15, -0.1) is 0 Å². The Hall–Kier alpha value is -3.46. The fourth-order valence-corrected chi connectivity index (χ4v) is 4.62. The van der Waals surface area contributed by atoms with Crippen molar-refractivity contribution in [1.29, 1.82) is 5.26 Å². The molecule has 2 aromatic rings. The second-order valence-electron chi connectivity index (χ2n) is 9.80. The molecular weight excluding hydrogens is 504 g/mol. The molecule has 0 unspecified atom stereocenters. The smallest absolute Gasteiger partial charge is 0.254 e. The molecule has 2 heterocycles. The van der Waals surface area contributed by atoms with Crippen LogP contribution in [0.3, 0.4) is 0 Å². The monoisotopic (exact) mass is 542 g/mol. The van der Waals surface area contributed by atoms with Crippen LogP contribution in [0.5, 0.6) is 5.88 Å². The number of hydrogen-bond acceptors (Lipinski definition) is 9. The van der Waals surface area contributed by atoms with Gasteiger partial charge in [-0.25, -0.2) is 0 Å². The van der Waals surface area contributed by atoms with Crippen molar-refractivity contribution in [2.75, 3.05) is 26.4 Å². The van der Waals surface area contributed by atoms with Crippen LogP contribution in [-0.2, 0) is 19.1 Å². The zero-order valence-corrected chi connectivity index (χ0v) is 23.1. The van der Waals surface area contributed by atoms with Gasteiger partial charge in [-0.3, -0.25) is 9.59 Å². The highest BCUT2D eigenvalue weighted by atomic mass is 16.7. The topological polar surface area (TPSA) is 147 Å². The lowest BCUT2D eigenvalue weighted by molar-refractivity contribution is -0.153. The lowest BCUT2D eigenvalue weighted by Gasteiger charge is -2.29. The molecule has 4 atom stereocenters. The van der Waals surface area contributed by atoms with Crippen LogP contribution in [0, 0.1) is 17.2 Å². The third-order valence-corrected chi connectivity index (χ3v) is 6.58. The van der Waals surface area contributed by atoms with Crippen LogP contribution >= 0.6 is 0 Å². The van der Waals surface area contributed by atoms with Crippen molar-refractivity contribution in [1.82, 2.24) is 15.4 Å². The highest BCUT2D eigenvalue weighted by Crippen LogP contribution is 2.32. The van der Waals surface area contributed by atoms with Gasteiger partial charge in [-0.2, -0.15) is 5.26 Å². The average molecular weight is 543 g/mol. The van der Waals surface area contributed by atoms with Crippen molar-refractivity contribution >= 4 is 11.8 Å². The number of aromatic nitrogens is 1. The minimum Gasteiger partial charge on any atom is -0.470 e. The summed E-state index contributed by atoms with van der Waals surface area (Å²) in [6, 6.07) is 9.36. The van der Waals surface area contributed by atoms with Gasteiger partial charge in [0.15, 0.2) is 12.1 Å². The molecule has 1 aromatic carbocycles. The summed E-state index contributed by atoms with van der Waals surface area (Å²) in [5, 5.41) is 26.3. The summed E-state index contributed by atoms with van der Waals surface area (Å²) in [7, 11) is 0. The Morgan fingerprint density at radius 1 is 1.21 bits per heavy atom. The minimum atomic E-state index is -0.841. The lowest BCUT2D eigenvalue weighted by Crippen LogP contribution is -2.48. The molecular formula is C28H38N4O7. The van der Waals surface area contributed by atoms with E-state index >= 15 is 0 Å². The number of carbonyl (C=O) groups excluding carboxylic acids is 2. The van der Waals surface area contributed by atoms with Gasteiger partial charge in [0.25, 0.3) is 5.88 Å². The number of nitriles is 1. The summed E-state index contributed by atoms with van der Waals surface area (Å²) < 4.78 is 22.1. The van der Waals surface area contributed by atoms with Crippen LogP contribution in [0.15, 0.2) is 34.9 Å². The molecule has 39 heavy (non-hydrogen) atoms. The second-order valence-corrected chi connectivity index (χ2v) is 9.80. The number of nitrogens with zero attached hydrogens (tertiary/aromatic N) is 3. The van der Waals surface area contributed by atoms with E-state index in [9.17, 15) is 14.7 Å². The number of likely N-dealkylation sites (tertiary alicyclic amines) is 1. The molecule has 11 heteroatoms. The van der Waals surface area contributed by atoms with Crippen LogP contribution in [-0.4, -0.2) is 71.8 Å². The molecule has 1 aliphatic rings. The summed E-state index contributed by atoms with van der Waals surface area (Å²) in [6.45, 7) is 10.4. The number of aliphatic hydroxyl groups is 1. The summed E-state index contributed by atoms with van der Waals surface area (Å²) in [6.07, 6.45) is -1.26. The zero-order chi connectivity index (χ0) is 28.5. The molecule has 0 aliphatic carbocycles. The first-order chi connectivity index (χ1) is 18.7. The lowest BCUT2D eigenvalue weighted by atomic mass is 9.91. The Kier molecular flexibility index (Phi) is 10.9. The van der Waals surface area contributed by atoms with E-state index in [0.29, 0.717) is 24.5 Å². The third-order valence-electron chi connectivity index (χ3n) is 6.58. The molecule has 0 saturated carbocycles. The van der Waals surface area contributed by atoms with Gasteiger partial charge in [0, 0.05) is 32.2 Å². The van der Waals surface area contributed by atoms with Gasteiger partial charge in [0.2, 0.25) is 11.8 Å². The molecule has 2 amide bonds. The number of carbonyl (C=O) groups is 2. The van der Waals surface area contributed by atoms with Gasteiger partial charge in [-0.1, -0.05) is 26.0 Å². The number of ether oxygens (including phenoxy) is 3. The third kappa shape index (κ3) is 7.79. The van der Waals surface area contributed by atoms with Crippen LogP contribution < -0.4 is 10.1 Å². The van der Waals surface area contributed by atoms with E-state index < -0.39 is 24.4 Å². The molecule has 212 valence electrons. The molecule has 2 N–H and O–H groups in total. The van der Waals surface area contributed by atoms with E-state index in [0.717, 1.165) is 5.56 Å². The number of benzene rings is 1. The molecule has 11 nitrogen and oxygen atoms in total. The van der Waals surface area contributed by atoms with Crippen molar-refractivity contribution in [3.8, 4) is 11.9 Å². The number of amides is 2. The maximum absolute atomic E-state index is 13.8. The summed E-state index contributed by atoms with van der Waals surface area (Å²) in [5.41, 5.74) is 1.35. The van der Waals surface area contributed by atoms with E-state index in [1.165, 1.54) is 4.90 Å². The molecule has 0 radical (unpaired) electrons. The minimum absolute atomic E-state index is 0.0350. The summed E-state index contributed by atoms with van der Waals surface area (Å²) >= 11 is 0. The van der Waals surface area contributed by atoms with E-state index in [1.54, 1.807) is 30.3 Å². The standard InChI is InChI=1S/C28H38N4O7/c1-6-36-25(37-7-2)16-38-24-13-23(39-31-24)26(17(3)4)28(35)32-15-21(33)12-22(32)27(34)30-18(5)20-10-8-19(14-29)9-11-20/h8-11,13,17-18,21-22,25-26,33H,6-7,12,15-16H2,1-5H3,(H,30,34)/t18-,21+,22-,26-/m0/s1. The van der Waals surface area contributed by atoms with Crippen molar-refractivity contribution in [2.45, 2.75) is 71.4 Å². The second kappa shape index (κ2) is 14.1. The van der Waals surface area contributed by atoms with E-state index in [-0.39, 0.29) is 49.2 Å². The Morgan fingerprint density at radius 2 is 1.87 bits per heavy atom. The SMILES string of the molecule is CCOC(COc1cc([C@@H](C(=O)N2C[C@H](O)C[C@H]2C(=O)N[C@@H](C)c2ccc(C#N)cc2)C(C)C)on1)OCC. The van der Waals surface area contributed by atoms with Gasteiger partial charge < -0.3 is 34.1 Å². The van der Waals surface area contributed by atoms with Crippen molar-refractivity contribution in [3.05, 3.63) is 47.2 Å². The largest absolute Gasteiger partial charge is 0.470 e. The summed E-state index contributed by atoms with van der Waals surface area (Å²) in [4.78, 5) is 28.4. The maximum atomic E-state index is 13.8. The molecule has 0 spiro atoms. The van der Waals surface area contributed by atoms with Crippen molar-refractivity contribution in [3.63, 3.8) is 0 Å². The highest BCUT2D eigenvalue weighted by Gasteiger charge is 2.43. The quantitative estimate of drug-likeness (QED) is 0.365. The predicted molar refractivity (Wildman–Crippen MR) is 140 cm³/mol. The molecule has 1 aliphatic heterocycles. The van der Waals surface area contributed by atoms with Gasteiger partial charge in [0.05, 0.1) is 23.8 Å². The Balaban J connectivity index is 1.71. The summed E-state index contributed by atoms with van der Waals surface area (Å²) in [5.74, 6) is -1.12. The maximum Gasteiger partial charge on any atom is 0.254 e. The van der Waals surface area contributed by atoms with Crippen molar-refractivity contribution < 1.29 is 33.4 Å². The van der Waals surface area contributed by atoms with E-state index in [1.807, 2.05) is 34.6 Å². The Bertz CT molecular complexity index is 1120. The van der Waals surface area contributed by atoms with Crippen LogP contribution in [0.25, 0.3) is 0 Å². The number of hydrogen-bond donors (Lipinski definition) is 2. The zero-order valence-electron chi connectivity index (χ0n) is 23.1. The average Bonchev–Trinajstić information content (AvgIpc) is 3.54. The molecule has 1 aromatic heterocycles. The van der Waals surface area contributed by atoms with Gasteiger partial charge in [0.1, 0.15) is 18.6 Å². The molecule has 3 rings (SSSR count). The number of aliphatic hydroxyl groups excluding tert-OH is 1. The fourth-order valence-electron chi connectivity index (χ4n) is 4.62. The highest BCUT2D eigenvalue weighted by molar-refractivity contribution is 5.91. The van der Waals surface area contributed by atoms with Gasteiger partial charge >= 0.3 is 0 Å². The van der Waals surface area contributed by atoms with Crippen molar-refractivity contribution in [2.24, 2.45) is 5.92 Å². The number of rotatable bonds is 13. The fraction of sp³-hybridized carbons (Fsp3) is 0.571.